The number of benzene rings is 1. The summed E-state index contributed by atoms with van der Waals surface area (Å²) in [6.45, 7) is 9.77. The first-order chi connectivity index (χ1) is 9.08. The average Bonchev–Trinajstić information content (AvgIpc) is 2.37. The first kappa shape index (κ1) is 16.0. The summed E-state index contributed by atoms with van der Waals surface area (Å²) in [6, 6.07) is 5.17. The van der Waals surface area contributed by atoms with Gasteiger partial charge in [-0.25, -0.2) is 4.39 Å². The SMILES string of the molecule is CCCC(C)COc1ccc(C(C)NCC)c(F)c1. The summed E-state index contributed by atoms with van der Waals surface area (Å²) in [5, 5.41) is 3.21. The maximum absolute atomic E-state index is 14.0. The van der Waals surface area contributed by atoms with Crippen LogP contribution in [0.2, 0.25) is 0 Å². The second-order valence-corrected chi connectivity index (χ2v) is 5.17. The van der Waals surface area contributed by atoms with E-state index >= 15 is 0 Å². The van der Waals surface area contributed by atoms with Crippen molar-refractivity contribution >= 4 is 0 Å². The van der Waals surface area contributed by atoms with E-state index in [2.05, 4.69) is 19.2 Å². The van der Waals surface area contributed by atoms with E-state index in [4.69, 9.17) is 4.74 Å². The molecule has 2 unspecified atom stereocenters. The fraction of sp³-hybridized carbons (Fsp3) is 0.625. The summed E-state index contributed by atoms with van der Waals surface area (Å²) in [5.41, 5.74) is 0.691. The number of halogens is 1. The molecule has 2 atom stereocenters. The van der Waals surface area contributed by atoms with Gasteiger partial charge in [-0.1, -0.05) is 33.3 Å². The van der Waals surface area contributed by atoms with E-state index in [1.54, 1.807) is 0 Å². The molecule has 1 aromatic rings. The van der Waals surface area contributed by atoms with Gasteiger partial charge < -0.3 is 10.1 Å². The van der Waals surface area contributed by atoms with Gasteiger partial charge in [-0.15, -0.1) is 0 Å². The molecule has 1 N–H and O–H groups in total. The minimum absolute atomic E-state index is 0.0260. The molecule has 0 saturated heterocycles. The fourth-order valence-electron chi connectivity index (χ4n) is 2.18. The Morgan fingerprint density at radius 2 is 2.00 bits per heavy atom. The highest BCUT2D eigenvalue weighted by Gasteiger charge is 2.11. The van der Waals surface area contributed by atoms with Crippen molar-refractivity contribution in [2.75, 3.05) is 13.2 Å². The molecule has 1 aromatic carbocycles. The van der Waals surface area contributed by atoms with Crippen LogP contribution in [0.5, 0.6) is 5.75 Å². The van der Waals surface area contributed by atoms with Crippen LogP contribution in [0.15, 0.2) is 18.2 Å². The predicted molar refractivity (Wildman–Crippen MR) is 78.1 cm³/mol. The van der Waals surface area contributed by atoms with Crippen LogP contribution in [0.4, 0.5) is 4.39 Å². The zero-order chi connectivity index (χ0) is 14.3. The minimum Gasteiger partial charge on any atom is -0.493 e. The molecular weight excluding hydrogens is 241 g/mol. The standard InChI is InChI=1S/C16H26FNO/c1-5-7-12(3)11-19-14-8-9-15(16(17)10-14)13(4)18-6-2/h8-10,12-13,18H,5-7,11H2,1-4H3. The normalized spacial score (nSPS) is 14.2. The highest BCUT2D eigenvalue weighted by molar-refractivity contribution is 5.30. The summed E-state index contributed by atoms with van der Waals surface area (Å²) in [4.78, 5) is 0. The highest BCUT2D eigenvalue weighted by Crippen LogP contribution is 2.22. The van der Waals surface area contributed by atoms with Crippen molar-refractivity contribution in [3.8, 4) is 5.75 Å². The van der Waals surface area contributed by atoms with Gasteiger partial charge in [0.2, 0.25) is 0 Å². The Morgan fingerprint density at radius 1 is 1.26 bits per heavy atom. The smallest absolute Gasteiger partial charge is 0.131 e. The van der Waals surface area contributed by atoms with Gasteiger partial charge in [0.1, 0.15) is 11.6 Å². The maximum Gasteiger partial charge on any atom is 0.131 e. The molecular formula is C16H26FNO. The lowest BCUT2D eigenvalue weighted by Crippen LogP contribution is -2.18. The number of ether oxygens (including phenoxy) is 1. The third-order valence-electron chi connectivity index (χ3n) is 3.26. The van der Waals surface area contributed by atoms with Crippen molar-refractivity contribution in [1.82, 2.24) is 5.32 Å². The van der Waals surface area contributed by atoms with Crippen LogP contribution in [-0.2, 0) is 0 Å². The van der Waals surface area contributed by atoms with E-state index in [-0.39, 0.29) is 11.9 Å². The van der Waals surface area contributed by atoms with Gasteiger partial charge in [0.15, 0.2) is 0 Å². The molecule has 0 spiro atoms. The van der Waals surface area contributed by atoms with Gasteiger partial charge in [-0.05, 0) is 31.9 Å². The zero-order valence-corrected chi connectivity index (χ0v) is 12.5. The van der Waals surface area contributed by atoms with Crippen molar-refractivity contribution in [2.45, 2.75) is 46.6 Å². The zero-order valence-electron chi connectivity index (χ0n) is 12.5. The molecule has 0 heterocycles. The maximum atomic E-state index is 14.0. The van der Waals surface area contributed by atoms with Gasteiger partial charge in [0.25, 0.3) is 0 Å². The molecule has 0 aliphatic carbocycles. The van der Waals surface area contributed by atoms with Crippen molar-refractivity contribution in [2.24, 2.45) is 5.92 Å². The molecule has 0 amide bonds. The molecule has 0 aliphatic rings. The molecule has 2 nitrogen and oxygen atoms in total. The van der Waals surface area contributed by atoms with E-state index in [1.807, 2.05) is 26.0 Å². The summed E-state index contributed by atoms with van der Waals surface area (Å²) in [6.07, 6.45) is 2.29. The average molecular weight is 267 g/mol. The van der Waals surface area contributed by atoms with Crippen LogP contribution in [-0.4, -0.2) is 13.2 Å². The monoisotopic (exact) mass is 267 g/mol. The Bertz CT molecular complexity index is 381. The summed E-state index contributed by atoms with van der Waals surface area (Å²) in [7, 11) is 0. The molecule has 0 saturated carbocycles. The first-order valence-electron chi connectivity index (χ1n) is 7.24. The van der Waals surface area contributed by atoms with Gasteiger partial charge in [0.05, 0.1) is 6.61 Å². The number of hydrogen-bond donors (Lipinski definition) is 1. The Labute approximate surface area is 116 Å². The molecule has 19 heavy (non-hydrogen) atoms. The lowest BCUT2D eigenvalue weighted by atomic mass is 10.1. The second kappa shape index (κ2) is 8.16. The van der Waals surface area contributed by atoms with Crippen LogP contribution in [0.3, 0.4) is 0 Å². The lowest BCUT2D eigenvalue weighted by molar-refractivity contribution is 0.250. The van der Waals surface area contributed by atoms with Crippen molar-refractivity contribution in [1.29, 1.82) is 0 Å². The highest BCUT2D eigenvalue weighted by atomic mass is 19.1. The first-order valence-corrected chi connectivity index (χ1v) is 7.24. The van der Waals surface area contributed by atoms with Crippen molar-refractivity contribution in [3.63, 3.8) is 0 Å². The second-order valence-electron chi connectivity index (χ2n) is 5.17. The Kier molecular flexibility index (Phi) is 6.85. The van der Waals surface area contributed by atoms with Gasteiger partial charge in [-0.3, -0.25) is 0 Å². The Morgan fingerprint density at radius 3 is 2.58 bits per heavy atom. The van der Waals surface area contributed by atoms with Crippen LogP contribution >= 0.6 is 0 Å². The van der Waals surface area contributed by atoms with E-state index in [1.165, 1.54) is 6.07 Å². The third kappa shape index (κ3) is 5.19. The Hall–Kier alpha value is -1.09. The lowest BCUT2D eigenvalue weighted by Gasteiger charge is -2.16. The molecule has 1 rings (SSSR count). The fourth-order valence-corrected chi connectivity index (χ4v) is 2.18. The molecule has 3 heteroatoms. The van der Waals surface area contributed by atoms with Crippen molar-refractivity contribution < 1.29 is 9.13 Å². The van der Waals surface area contributed by atoms with Crippen LogP contribution in [0, 0.1) is 11.7 Å². The van der Waals surface area contributed by atoms with Crippen molar-refractivity contribution in [3.05, 3.63) is 29.6 Å². The summed E-state index contributed by atoms with van der Waals surface area (Å²) >= 11 is 0. The molecule has 0 bridgehead atoms. The molecule has 0 aliphatic heterocycles. The number of rotatable bonds is 8. The van der Waals surface area contributed by atoms with Crippen LogP contribution in [0.25, 0.3) is 0 Å². The van der Waals surface area contributed by atoms with Gasteiger partial charge in [-0.2, -0.15) is 0 Å². The van der Waals surface area contributed by atoms with E-state index in [0.717, 1.165) is 19.4 Å². The van der Waals surface area contributed by atoms with E-state index in [9.17, 15) is 4.39 Å². The minimum atomic E-state index is -0.200. The van der Waals surface area contributed by atoms with Crippen LogP contribution < -0.4 is 10.1 Å². The quantitative estimate of drug-likeness (QED) is 0.757. The van der Waals surface area contributed by atoms with Gasteiger partial charge >= 0.3 is 0 Å². The van der Waals surface area contributed by atoms with Gasteiger partial charge in [0, 0.05) is 17.7 Å². The molecule has 0 aromatic heterocycles. The Balaban J connectivity index is 2.61. The molecule has 0 radical (unpaired) electrons. The summed E-state index contributed by atoms with van der Waals surface area (Å²) < 4.78 is 19.6. The summed E-state index contributed by atoms with van der Waals surface area (Å²) in [5.74, 6) is 0.926. The van der Waals surface area contributed by atoms with E-state index < -0.39 is 0 Å². The third-order valence-corrected chi connectivity index (χ3v) is 3.26. The number of hydrogen-bond acceptors (Lipinski definition) is 2. The predicted octanol–water partition coefficient (Wildman–Crippen LogP) is 4.31. The topological polar surface area (TPSA) is 21.3 Å². The number of nitrogens with one attached hydrogen (secondary N) is 1. The van der Waals surface area contributed by atoms with Crippen LogP contribution in [0.1, 0.15) is 52.1 Å². The van der Waals surface area contributed by atoms with E-state index in [0.29, 0.717) is 23.8 Å². The molecule has 0 fully saturated rings. The molecule has 108 valence electrons. The largest absolute Gasteiger partial charge is 0.493 e.